The third kappa shape index (κ3) is 3.82. The van der Waals surface area contributed by atoms with Crippen LogP contribution in [0.1, 0.15) is 24.8 Å². The first kappa shape index (κ1) is 15.0. The minimum Gasteiger partial charge on any atom is -0.310 e. The smallest absolute Gasteiger partial charge is 0.125 e. The van der Waals surface area contributed by atoms with Crippen molar-refractivity contribution in [3.05, 3.63) is 34.6 Å². The van der Waals surface area contributed by atoms with Gasteiger partial charge in [-0.3, -0.25) is 4.90 Å². The van der Waals surface area contributed by atoms with Gasteiger partial charge in [-0.2, -0.15) is 0 Å². The molecule has 5 heteroatoms. The molecule has 2 heterocycles. The summed E-state index contributed by atoms with van der Waals surface area (Å²) < 4.78 is 13.3. The normalized spacial score (nSPS) is 26.8. The molecule has 0 saturated carbocycles. The van der Waals surface area contributed by atoms with Gasteiger partial charge in [-0.15, -0.1) is 12.4 Å². The number of benzene rings is 1. The largest absolute Gasteiger partial charge is 0.310 e. The number of hydrogen-bond donors (Lipinski definition) is 1. The van der Waals surface area contributed by atoms with Crippen LogP contribution < -0.4 is 5.32 Å². The summed E-state index contributed by atoms with van der Waals surface area (Å²) in [6.07, 6.45) is 3.77. The third-order valence-corrected chi connectivity index (χ3v) is 4.15. The molecule has 0 aliphatic carbocycles. The highest BCUT2D eigenvalue weighted by Crippen LogP contribution is 2.22. The van der Waals surface area contributed by atoms with E-state index in [-0.39, 0.29) is 18.2 Å². The van der Waals surface area contributed by atoms with Crippen LogP contribution in [-0.2, 0) is 6.54 Å². The Morgan fingerprint density at radius 3 is 2.79 bits per heavy atom. The Morgan fingerprint density at radius 2 is 2.00 bits per heavy atom. The lowest BCUT2D eigenvalue weighted by Crippen LogP contribution is -2.34. The molecule has 2 atom stereocenters. The Labute approximate surface area is 124 Å². The van der Waals surface area contributed by atoms with Gasteiger partial charge in [0.2, 0.25) is 0 Å². The van der Waals surface area contributed by atoms with E-state index in [2.05, 4.69) is 10.2 Å². The molecule has 0 spiro atoms. The fourth-order valence-corrected chi connectivity index (χ4v) is 3.36. The molecule has 2 saturated heterocycles. The topological polar surface area (TPSA) is 15.3 Å². The molecule has 1 N–H and O–H groups in total. The Bertz CT molecular complexity index is 421. The van der Waals surface area contributed by atoms with E-state index < -0.39 is 0 Å². The number of halogens is 3. The van der Waals surface area contributed by atoms with E-state index in [0.29, 0.717) is 17.1 Å². The van der Waals surface area contributed by atoms with Crippen molar-refractivity contribution in [1.82, 2.24) is 10.2 Å². The standard InChI is InChI=1S/C14H18ClFN2.ClH/c15-11-5-10(6-12(16)7-11)8-18-4-3-13-1-2-14(9-18)17-13;/h5-7,13-14,17H,1-4,8-9H2;1H. The van der Waals surface area contributed by atoms with E-state index in [1.54, 1.807) is 6.07 Å². The zero-order chi connectivity index (χ0) is 12.5. The molecule has 2 aliphatic heterocycles. The van der Waals surface area contributed by atoms with E-state index in [0.717, 1.165) is 25.2 Å². The molecule has 3 rings (SSSR count). The number of nitrogens with one attached hydrogen (secondary N) is 1. The van der Waals surface area contributed by atoms with Crippen molar-refractivity contribution in [2.24, 2.45) is 0 Å². The van der Waals surface area contributed by atoms with Crippen LogP contribution in [0.3, 0.4) is 0 Å². The predicted octanol–water partition coefficient (Wildman–Crippen LogP) is 3.23. The quantitative estimate of drug-likeness (QED) is 0.902. The monoisotopic (exact) mass is 304 g/mol. The molecular weight excluding hydrogens is 286 g/mol. The molecule has 106 valence electrons. The summed E-state index contributed by atoms with van der Waals surface area (Å²) in [6, 6.07) is 6.11. The fraction of sp³-hybridized carbons (Fsp3) is 0.571. The SMILES string of the molecule is Cl.Fc1cc(Cl)cc(CN2CCC3CCC(C2)N3)c1. The van der Waals surface area contributed by atoms with Crippen LogP contribution in [-0.4, -0.2) is 30.1 Å². The van der Waals surface area contributed by atoms with Crippen molar-refractivity contribution in [2.45, 2.75) is 37.9 Å². The molecule has 2 nitrogen and oxygen atoms in total. The maximum absolute atomic E-state index is 13.3. The predicted molar refractivity (Wildman–Crippen MR) is 78.5 cm³/mol. The Morgan fingerprint density at radius 1 is 1.21 bits per heavy atom. The van der Waals surface area contributed by atoms with Gasteiger partial charge in [-0.25, -0.2) is 4.39 Å². The van der Waals surface area contributed by atoms with Gasteiger partial charge in [-0.05, 0) is 43.0 Å². The van der Waals surface area contributed by atoms with Gasteiger partial charge in [0.1, 0.15) is 5.82 Å². The first-order valence-corrected chi connectivity index (χ1v) is 7.00. The second-order valence-electron chi connectivity index (χ2n) is 5.44. The minimum atomic E-state index is -0.244. The zero-order valence-electron chi connectivity index (χ0n) is 10.7. The molecule has 0 radical (unpaired) electrons. The Balaban J connectivity index is 0.00000133. The molecule has 1 aromatic rings. The van der Waals surface area contributed by atoms with Crippen LogP contribution in [0.15, 0.2) is 18.2 Å². The van der Waals surface area contributed by atoms with Crippen molar-refractivity contribution >= 4 is 24.0 Å². The van der Waals surface area contributed by atoms with Crippen molar-refractivity contribution in [3.8, 4) is 0 Å². The number of fused-ring (bicyclic) bond motifs is 2. The summed E-state index contributed by atoms with van der Waals surface area (Å²) in [4.78, 5) is 2.40. The van der Waals surface area contributed by atoms with Crippen LogP contribution in [0.25, 0.3) is 0 Å². The maximum atomic E-state index is 13.3. The first-order chi connectivity index (χ1) is 8.69. The molecule has 2 bridgehead atoms. The van der Waals surface area contributed by atoms with Gasteiger partial charge < -0.3 is 5.32 Å². The van der Waals surface area contributed by atoms with Crippen LogP contribution in [0.2, 0.25) is 5.02 Å². The van der Waals surface area contributed by atoms with Gasteiger partial charge in [0.15, 0.2) is 0 Å². The van der Waals surface area contributed by atoms with Gasteiger partial charge in [-0.1, -0.05) is 11.6 Å². The summed E-state index contributed by atoms with van der Waals surface area (Å²) in [5.74, 6) is -0.244. The van der Waals surface area contributed by atoms with E-state index in [1.165, 1.54) is 25.3 Å². The molecule has 2 aliphatic rings. The summed E-state index contributed by atoms with van der Waals surface area (Å²) >= 11 is 5.89. The Hall–Kier alpha value is -0.350. The summed E-state index contributed by atoms with van der Waals surface area (Å²) in [7, 11) is 0. The lowest BCUT2D eigenvalue weighted by atomic mass is 10.1. The number of rotatable bonds is 2. The Kier molecular flexibility index (Phi) is 5.07. The summed E-state index contributed by atoms with van der Waals surface area (Å²) in [5.41, 5.74) is 0.970. The highest BCUT2D eigenvalue weighted by Gasteiger charge is 2.29. The van der Waals surface area contributed by atoms with E-state index in [4.69, 9.17) is 11.6 Å². The van der Waals surface area contributed by atoms with Gasteiger partial charge >= 0.3 is 0 Å². The van der Waals surface area contributed by atoms with E-state index in [1.807, 2.05) is 6.07 Å². The lowest BCUT2D eigenvalue weighted by molar-refractivity contribution is 0.250. The van der Waals surface area contributed by atoms with Crippen molar-refractivity contribution in [3.63, 3.8) is 0 Å². The lowest BCUT2D eigenvalue weighted by Gasteiger charge is -2.24. The summed E-state index contributed by atoms with van der Waals surface area (Å²) in [5, 5.41) is 4.14. The van der Waals surface area contributed by atoms with Crippen LogP contribution >= 0.6 is 24.0 Å². The maximum Gasteiger partial charge on any atom is 0.125 e. The molecule has 0 amide bonds. The van der Waals surface area contributed by atoms with Crippen molar-refractivity contribution in [1.29, 1.82) is 0 Å². The third-order valence-electron chi connectivity index (χ3n) is 3.94. The molecule has 2 unspecified atom stereocenters. The van der Waals surface area contributed by atoms with Gasteiger partial charge in [0, 0.05) is 36.7 Å². The van der Waals surface area contributed by atoms with Crippen molar-refractivity contribution < 1.29 is 4.39 Å². The molecular formula is C14H19Cl2FN2. The van der Waals surface area contributed by atoms with Gasteiger partial charge in [0.25, 0.3) is 0 Å². The summed E-state index contributed by atoms with van der Waals surface area (Å²) in [6.45, 7) is 2.94. The van der Waals surface area contributed by atoms with E-state index >= 15 is 0 Å². The number of nitrogens with zero attached hydrogens (tertiary/aromatic N) is 1. The molecule has 1 aromatic carbocycles. The minimum absolute atomic E-state index is 0. The zero-order valence-corrected chi connectivity index (χ0v) is 12.3. The second kappa shape index (κ2) is 6.40. The second-order valence-corrected chi connectivity index (χ2v) is 5.88. The molecule has 19 heavy (non-hydrogen) atoms. The van der Waals surface area contributed by atoms with Crippen LogP contribution in [0, 0.1) is 5.82 Å². The average molecular weight is 305 g/mol. The molecule has 0 aromatic heterocycles. The fourth-order valence-electron chi connectivity index (χ4n) is 3.12. The number of hydrogen-bond acceptors (Lipinski definition) is 2. The first-order valence-electron chi connectivity index (χ1n) is 6.62. The van der Waals surface area contributed by atoms with Gasteiger partial charge in [0.05, 0.1) is 0 Å². The molecule has 2 fully saturated rings. The highest BCUT2D eigenvalue weighted by atomic mass is 35.5. The number of likely N-dealkylation sites (tertiary alicyclic amines) is 1. The highest BCUT2D eigenvalue weighted by molar-refractivity contribution is 6.30. The van der Waals surface area contributed by atoms with E-state index in [9.17, 15) is 4.39 Å². The van der Waals surface area contributed by atoms with Crippen LogP contribution in [0.4, 0.5) is 4.39 Å². The van der Waals surface area contributed by atoms with Crippen LogP contribution in [0.5, 0.6) is 0 Å². The average Bonchev–Trinajstić information content (AvgIpc) is 2.61. The van der Waals surface area contributed by atoms with Crippen molar-refractivity contribution in [2.75, 3.05) is 13.1 Å².